The van der Waals surface area contributed by atoms with Crippen molar-refractivity contribution in [1.29, 1.82) is 0 Å². The predicted octanol–water partition coefficient (Wildman–Crippen LogP) is 3.36. The highest BCUT2D eigenvalue weighted by molar-refractivity contribution is 5.20. The Hall–Kier alpha value is -1.02. The Morgan fingerprint density at radius 1 is 1.12 bits per heavy atom. The Morgan fingerprint density at radius 2 is 1.82 bits per heavy atom. The van der Waals surface area contributed by atoms with Gasteiger partial charge in [-0.2, -0.15) is 0 Å². The second kappa shape index (κ2) is 6.65. The zero-order valence-electron chi connectivity index (χ0n) is 10.5. The fourth-order valence-corrected chi connectivity index (χ4v) is 2.63. The standard InChI is InChI=1S/C15H23NO/c16-15(13-7-3-1-4-8-13)11-12-17-14-9-5-2-6-10-14/h2,5-6,9-10,13,15H,1,3-4,7-8,11-12,16H2. The first kappa shape index (κ1) is 12.4. The molecule has 17 heavy (non-hydrogen) atoms. The normalized spacial score (nSPS) is 18.9. The molecule has 0 saturated heterocycles. The number of benzene rings is 1. The molecule has 1 aromatic rings. The minimum absolute atomic E-state index is 0.319. The summed E-state index contributed by atoms with van der Waals surface area (Å²) in [5, 5.41) is 0. The summed E-state index contributed by atoms with van der Waals surface area (Å²) in [6.45, 7) is 0.738. The molecule has 1 saturated carbocycles. The number of para-hydroxylation sites is 1. The summed E-state index contributed by atoms with van der Waals surface area (Å²) < 4.78 is 5.69. The third-order valence-electron chi connectivity index (χ3n) is 3.72. The lowest BCUT2D eigenvalue weighted by Crippen LogP contribution is -2.33. The SMILES string of the molecule is NC(CCOc1ccccc1)C1CCCCC1. The van der Waals surface area contributed by atoms with Gasteiger partial charge in [0.1, 0.15) is 5.75 Å². The Labute approximate surface area is 104 Å². The topological polar surface area (TPSA) is 35.2 Å². The monoisotopic (exact) mass is 233 g/mol. The van der Waals surface area contributed by atoms with E-state index in [0.717, 1.165) is 24.7 Å². The second-order valence-corrected chi connectivity index (χ2v) is 5.01. The van der Waals surface area contributed by atoms with Crippen molar-refractivity contribution in [2.75, 3.05) is 6.61 Å². The van der Waals surface area contributed by atoms with E-state index < -0.39 is 0 Å². The van der Waals surface area contributed by atoms with E-state index in [-0.39, 0.29) is 0 Å². The van der Waals surface area contributed by atoms with Crippen molar-refractivity contribution in [1.82, 2.24) is 0 Å². The van der Waals surface area contributed by atoms with Gasteiger partial charge in [0.25, 0.3) is 0 Å². The zero-order valence-corrected chi connectivity index (χ0v) is 10.5. The highest BCUT2D eigenvalue weighted by Crippen LogP contribution is 2.26. The number of nitrogens with two attached hydrogens (primary N) is 1. The molecule has 0 bridgehead atoms. The summed E-state index contributed by atoms with van der Waals surface area (Å²) in [6, 6.07) is 10.3. The first-order valence-corrected chi connectivity index (χ1v) is 6.79. The zero-order chi connectivity index (χ0) is 11.9. The van der Waals surface area contributed by atoms with Crippen molar-refractivity contribution >= 4 is 0 Å². The van der Waals surface area contributed by atoms with Gasteiger partial charge in [-0.1, -0.05) is 37.5 Å². The summed E-state index contributed by atoms with van der Waals surface area (Å²) in [5.74, 6) is 1.67. The van der Waals surface area contributed by atoms with Gasteiger partial charge in [0.15, 0.2) is 0 Å². The van der Waals surface area contributed by atoms with Crippen LogP contribution in [0.15, 0.2) is 30.3 Å². The van der Waals surface area contributed by atoms with E-state index in [1.807, 2.05) is 30.3 Å². The molecule has 0 heterocycles. The van der Waals surface area contributed by atoms with Crippen LogP contribution in [0.3, 0.4) is 0 Å². The van der Waals surface area contributed by atoms with Gasteiger partial charge in [-0.25, -0.2) is 0 Å². The van der Waals surface area contributed by atoms with Crippen LogP contribution in [0.2, 0.25) is 0 Å². The van der Waals surface area contributed by atoms with Crippen molar-refractivity contribution in [3.63, 3.8) is 0 Å². The van der Waals surface area contributed by atoms with Gasteiger partial charge in [0.05, 0.1) is 6.61 Å². The van der Waals surface area contributed by atoms with Crippen LogP contribution in [0.5, 0.6) is 5.75 Å². The molecule has 0 aliphatic heterocycles. The lowest BCUT2D eigenvalue weighted by molar-refractivity contribution is 0.243. The Balaban J connectivity index is 1.67. The summed E-state index contributed by atoms with van der Waals surface area (Å²) in [6.07, 6.45) is 7.71. The van der Waals surface area contributed by atoms with Gasteiger partial charge < -0.3 is 10.5 Å². The first-order chi connectivity index (χ1) is 8.36. The molecule has 1 fully saturated rings. The summed E-state index contributed by atoms with van der Waals surface area (Å²) >= 11 is 0. The molecule has 0 spiro atoms. The van der Waals surface area contributed by atoms with Crippen LogP contribution in [0.1, 0.15) is 38.5 Å². The lowest BCUT2D eigenvalue weighted by Gasteiger charge is -2.27. The van der Waals surface area contributed by atoms with E-state index in [1.165, 1.54) is 32.1 Å². The molecule has 1 aliphatic rings. The molecule has 0 aromatic heterocycles. The van der Waals surface area contributed by atoms with E-state index in [0.29, 0.717) is 6.04 Å². The van der Waals surface area contributed by atoms with Crippen LogP contribution in [0.25, 0.3) is 0 Å². The van der Waals surface area contributed by atoms with Gasteiger partial charge in [0.2, 0.25) is 0 Å². The molecule has 1 unspecified atom stereocenters. The molecule has 2 N–H and O–H groups in total. The summed E-state index contributed by atoms with van der Waals surface area (Å²) in [7, 11) is 0. The maximum atomic E-state index is 6.23. The first-order valence-electron chi connectivity index (χ1n) is 6.79. The van der Waals surface area contributed by atoms with Gasteiger partial charge in [0, 0.05) is 6.04 Å². The van der Waals surface area contributed by atoms with E-state index in [2.05, 4.69) is 0 Å². The lowest BCUT2D eigenvalue weighted by atomic mass is 9.83. The van der Waals surface area contributed by atoms with Crippen molar-refractivity contribution in [3.8, 4) is 5.75 Å². The van der Waals surface area contributed by atoms with Crippen molar-refractivity contribution in [3.05, 3.63) is 30.3 Å². The fraction of sp³-hybridized carbons (Fsp3) is 0.600. The van der Waals surface area contributed by atoms with E-state index in [9.17, 15) is 0 Å². The summed E-state index contributed by atoms with van der Waals surface area (Å²) in [4.78, 5) is 0. The minimum atomic E-state index is 0.319. The van der Waals surface area contributed by atoms with Crippen LogP contribution in [-0.4, -0.2) is 12.6 Å². The molecule has 94 valence electrons. The molecule has 0 radical (unpaired) electrons. The van der Waals surface area contributed by atoms with Crippen molar-refractivity contribution in [2.24, 2.45) is 11.7 Å². The highest BCUT2D eigenvalue weighted by atomic mass is 16.5. The molecule has 1 aromatic carbocycles. The van der Waals surface area contributed by atoms with Crippen molar-refractivity contribution < 1.29 is 4.74 Å². The van der Waals surface area contributed by atoms with Gasteiger partial charge in [-0.15, -0.1) is 0 Å². The minimum Gasteiger partial charge on any atom is -0.494 e. The Kier molecular flexibility index (Phi) is 4.87. The third-order valence-corrected chi connectivity index (χ3v) is 3.72. The smallest absolute Gasteiger partial charge is 0.119 e. The van der Waals surface area contributed by atoms with E-state index in [1.54, 1.807) is 0 Å². The van der Waals surface area contributed by atoms with Gasteiger partial charge >= 0.3 is 0 Å². The molecule has 2 rings (SSSR count). The second-order valence-electron chi connectivity index (χ2n) is 5.01. The molecule has 1 aliphatic carbocycles. The maximum absolute atomic E-state index is 6.23. The van der Waals surface area contributed by atoms with Crippen LogP contribution in [0.4, 0.5) is 0 Å². The molecule has 2 nitrogen and oxygen atoms in total. The molecule has 1 atom stereocenters. The number of hydrogen-bond donors (Lipinski definition) is 1. The van der Waals surface area contributed by atoms with Crippen LogP contribution >= 0.6 is 0 Å². The predicted molar refractivity (Wildman–Crippen MR) is 71.1 cm³/mol. The van der Waals surface area contributed by atoms with Crippen LogP contribution in [0, 0.1) is 5.92 Å². The Morgan fingerprint density at radius 3 is 2.53 bits per heavy atom. The highest BCUT2D eigenvalue weighted by Gasteiger charge is 2.20. The molecular formula is C15H23NO. The molecule has 2 heteroatoms. The fourth-order valence-electron chi connectivity index (χ4n) is 2.63. The quantitative estimate of drug-likeness (QED) is 0.846. The van der Waals surface area contributed by atoms with Gasteiger partial charge in [-0.05, 0) is 37.3 Å². The average Bonchev–Trinajstić information content (AvgIpc) is 2.41. The van der Waals surface area contributed by atoms with Crippen LogP contribution in [-0.2, 0) is 0 Å². The van der Waals surface area contributed by atoms with Crippen molar-refractivity contribution in [2.45, 2.75) is 44.6 Å². The maximum Gasteiger partial charge on any atom is 0.119 e. The third kappa shape index (κ3) is 4.04. The average molecular weight is 233 g/mol. The van der Waals surface area contributed by atoms with Gasteiger partial charge in [-0.3, -0.25) is 0 Å². The molecule has 0 amide bonds. The largest absolute Gasteiger partial charge is 0.494 e. The number of hydrogen-bond acceptors (Lipinski definition) is 2. The summed E-state index contributed by atoms with van der Waals surface area (Å²) in [5.41, 5.74) is 6.23. The van der Waals surface area contributed by atoms with E-state index >= 15 is 0 Å². The van der Waals surface area contributed by atoms with E-state index in [4.69, 9.17) is 10.5 Å². The number of rotatable bonds is 5. The number of ether oxygens (including phenoxy) is 1. The molecular weight excluding hydrogens is 210 g/mol. The van der Waals surface area contributed by atoms with Crippen LogP contribution < -0.4 is 10.5 Å². The Bertz CT molecular complexity index is 306.